The van der Waals surface area contributed by atoms with Gasteiger partial charge in [-0.15, -0.1) is 0 Å². The maximum absolute atomic E-state index is 11.3. The second kappa shape index (κ2) is 2.73. The van der Waals surface area contributed by atoms with Crippen molar-refractivity contribution in [3.05, 3.63) is 0 Å². The molecule has 3 aliphatic heterocycles. The summed E-state index contributed by atoms with van der Waals surface area (Å²) in [5.74, 6) is -6.70. The first-order valence-electron chi connectivity index (χ1n) is 3.74. The Morgan fingerprint density at radius 2 is 1.93 bits per heavy atom. The van der Waals surface area contributed by atoms with Crippen LogP contribution in [0, 0.1) is 0 Å². The normalized spacial score (nSPS) is 43.4. The van der Waals surface area contributed by atoms with Crippen molar-refractivity contribution in [2.75, 3.05) is 6.61 Å². The summed E-state index contributed by atoms with van der Waals surface area (Å²) >= 11 is 0. The lowest BCUT2D eigenvalue weighted by Gasteiger charge is -2.50. The van der Waals surface area contributed by atoms with Gasteiger partial charge in [0.25, 0.3) is 11.6 Å². The van der Waals surface area contributed by atoms with Gasteiger partial charge in [0.15, 0.2) is 0 Å². The molecule has 2 atom stereocenters. The summed E-state index contributed by atoms with van der Waals surface area (Å²) < 4.78 is 13.2. The Labute approximate surface area is 77.8 Å². The van der Waals surface area contributed by atoms with Crippen molar-refractivity contribution >= 4 is 13.1 Å². The molecule has 0 aromatic carbocycles. The predicted molar refractivity (Wildman–Crippen MR) is 37.0 cm³/mol. The standard InChI is InChI=1S/C5H7BO8/c7-1-2(8)4(10)3(9)5(11)13-6(12-4)14-5/h2,7-8,10-11H,1H2. The number of carbonyl (C=O) groups excluding carboxylic acids is 1. The highest BCUT2D eigenvalue weighted by Gasteiger charge is 2.72. The zero-order chi connectivity index (χ0) is 10.6. The Kier molecular flexibility index (Phi) is 1.95. The molecular formula is C5H7BO8. The zero-order valence-corrected chi connectivity index (χ0v) is 6.78. The Balaban J connectivity index is 2.25. The van der Waals surface area contributed by atoms with Gasteiger partial charge in [-0.3, -0.25) is 4.79 Å². The van der Waals surface area contributed by atoms with E-state index in [4.69, 9.17) is 15.3 Å². The number of fused-ring (bicyclic) bond motifs is 2. The summed E-state index contributed by atoms with van der Waals surface area (Å²) in [5, 5.41) is 36.3. The molecule has 0 amide bonds. The summed E-state index contributed by atoms with van der Waals surface area (Å²) in [6.45, 7) is -0.912. The first-order chi connectivity index (χ1) is 6.42. The van der Waals surface area contributed by atoms with Crippen LogP contribution in [0.15, 0.2) is 0 Å². The van der Waals surface area contributed by atoms with E-state index in [1.165, 1.54) is 0 Å². The molecule has 4 N–H and O–H groups in total. The lowest BCUT2D eigenvalue weighted by Crippen LogP contribution is -2.78. The van der Waals surface area contributed by atoms with Gasteiger partial charge in [0.05, 0.1) is 6.61 Å². The number of rotatable bonds is 2. The third-order valence-electron chi connectivity index (χ3n) is 2.02. The van der Waals surface area contributed by atoms with Crippen LogP contribution in [0.5, 0.6) is 0 Å². The van der Waals surface area contributed by atoms with Crippen molar-refractivity contribution in [1.29, 1.82) is 0 Å². The van der Waals surface area contributed by atoms with Gasteiger partial charge in [0, 0.05) is 0 Å². The van der Waals surface area contributed by atoms with E-state index in [0.29, 0.717) is 0 Å². The van der Waals surface area contributed by atoms with Crippen molar-refractivity contribution in [2.24, 2.45) is 0 Å². The monoisotopic (exact) mass is 206 g/mol. The molecule has 14 heavy (non-hydrogen) atoms. The van der Waals surface area contributed by atoms with Gasteiger partial charge in [0.2, 0.25) is 0 Å². The molecule has 3 heterocycles. The molecule has 8 nitrogen and oxygen atoms in total. The van der Waals surface area contributed by atoms with Crippen LogP contribution in [-0.4, -0.2) is 58.0 Å². The van der Waals surface area contributed by atoms with Crippen molar-refractivity contribution in [3.63, 3.8) is 0 Å². The van der Waals surface area contributed by atoms with Crippen LogP contribution < -0.4 is 0 Å². The predicted octanol–water partition coefficient (Wildman–Crippen LogP) is -3.69. The average Bonchev–Trinajstić information content (AvgIpc) is 2.10. The number of ketones is 1. The summed E-state index contributed by atoms with van der Waals surface area (Å²) in [6, 6.07) is 0. The lowest BCUT2D eigenvalue weighted by molar-refractivity contribution is -0.397. The maximum Gasteiger partial charge on any atom is 0.650 e. The molecule has 2 bridgehead atoms. The molecule has 0 aromatic heterocycles. The van der Waals surface area contributed by atoms with Crippen molar-refractivity contribution < 1.29 is 39.2 Å². The minimum atomic E-state index is -2.70. The topological polar surface area (TPSA) is 126 Å². The Hall–Kier alpha value is -0.545. The van der Waals surface area contributed by atoms with Gasteiger partial charge in [-0.1, -0.05) is 0 Å². The number of Topliss-reactive ketones (excluding diaryl/α,β-unsaturated/α-hetero) is 1. The Bertz CT molecular complexity index is 275. The van der Waals surface area contributed by atoms with E-state index >= 15 is 0 Å². The highest BCUT2D eigenvalue weighted by atomic mass is 17.0. The van der Waals surface area contributed by atoms with Gasteiger partial charge < -0.3 is 34.4 Å². The summed E-state index contributed by atoms with van der Waals surface area (Å²) in [4.78, 5) is 11.3. The van der Waals surface area contributed by atoms with E-state index in [1.807, 2.05) is 0 Å². The largest absolute Gasteiger partial charge is 0.650 e. The fourth-order valence-corrected chi connectivity index (χ4v) is 1.20. The fraction of sp³-hybridized carbons (Fsp3) is 0.800. The quantitative estimate of drug-likeness (QED) is 0.340. The molecule has 3 rings (SSSR count). The Morgan fingerprint density at radius 1 is 1.36 bits per heavy atom. The van der Waals surface area contributed by atoms with Crippen LogP contribution in [0.1, 0.15) is 0 Å². The van der Waals surface area contributed by atoms with Crippen molar-refractivity contribution in [1.82, 2.24) is 0 Å². The van der Waals surface area contributed by atoms with Gasteiger partial charge in [-0.05, 0) is 0 Å². The molecule has 0 saturated carbocycles. The van der Waals surface area contributed by atoms with Crippen LogP contribution >= 0.6 is 0 Å². The Morgan fingerprint density at radius 3 is 2.43 bits per heavy atom. The summed E-state index contributed by atoms with van der Waals surface area (Å²) in [5.41, 5.74) is 0. The zero-order valence-electron chi connectivity index (χ0n) is 6.78. The second-order valence-corrected chi connectivity index (χ2v) is 2.95. The van der Waals surface area contributed by atoms with Gasteiger partial charge >= 0.3 is 13.3 Å². The smallest absolute Gasteiger partial charge is 0.393 e. The van der Waals surface area contributed by atoms with Gasteiger partial charge in [0.1, 0.15) is 6.10 Å². The molecule has 3 aliphatic rings. The third kappa shape index (κ3) is 1.05. The molecule has 0 spiro atoms. The van der Waals surface area contributed by atoms with Crippen LogP contribution in [-0.2, 0) is 18.8 Å². The molecule has 3 saturated heterocycles. The van der Waals surface area contributed by atoms with E-state index < -0.39 is 37.6 Å². The van der Waals surface area contributed by atoms with E-state index in [0.717, 1.165) is 0 Å². The number of aliphatic hydroxyl groups is 4. The molecule has 0 aliphatic carbocycles. The molecule has 0 radical (unpaired) electrons. The van der Waals surface area contributed by atoms with Gasteiger partial charge in [-0.2, -0.15) is 0 Å². The van der Waals surface area contributed by atoms with Crippen LogP contribution in [0.4, 0.5) is 0 Å². The maximum atomic E-state index is 11.3. The van der Waals surface area contributed by atoms with Gasteiger partial charge in [-0.25, -0.2) is 0 Å². The minimum absolute atomic E-state index is 0.912. The summed E-state index contributed by atoms with van der Waals surface area (Å²) in [7, 11) is -1.43. The molecule has 9 heteroatoms. The van der Waals surface area contributed by atoms with E-state index in [2.05, 4.69) is 14.0 Å². The third-order valence-corrected chi connectivity index (χ3v) is 2.02. The van der Waals surface area contributed by atoms with E-state index in [9.17, 15) is 9.90 Å². The highest BCUT2D eigenvalue weighted by Crippen LogP contribution is 2.39. The summed E-state index contributed by atoms with van der Waals surface area (Å²) in [6.07, 6.45) is -1.88. The minimum Gasteiger partial charge on any atom is -0.393 e. The van der Waals surface area contributed by atoms with Crippen molar-refractivity contribution in [2.45, 2.75) is 17.9 Å². The lowest BCUT2D eigenvalue weighted by atomic mass is 9.92. The van der Waals surface area contributed by atoms with Crippen molar-refractivity contribution in [3.8, 4) is 0 Å². The number of aliphatic hydroxyl groups excluding tert-OH is 2. The number of hydrogen-bond acceptors (Lipinski definition) is 8. The van der Waals surface area contributed by atoms with E-state index in [-0.39, 0.29) is 0 Å². The first-order valence-corrected chi connectivity index (χ1v) is 3.74. The highest BCUT2D eigenvalue weighted by molar-refractivity contribution is 6.42. The second-order valence-electron chi connectivity index (χ2n) is 2.95. The fourth-order valence-electron chi connectivity index (χ4n) is 1.20. The molecule has 78 valence electrons. The molecule has 0 aromatic rings. The van der Waals surface area contributed by atoms with E-state index in [1.54, 1.807) is 0 Å². The molecule has 2 unspecified atom stereocenters. The average molecular weight is 206 g/mol. The van der Waals surface area contributed by atoms with Crippen LogP contribution in [0.3, 0.4) is 0 Å². The van der Waals surface area contributed by atoms with Crippen LogP contribution in [0.25, 0.3) is 0 Å². The molecular weight excluding hydrogens is 199 g/mol. The SMILES string of the molecule is O=C1C2(O)OB(O2)OC1(O)C(O)CO. The first kappa shape index (κ1) is 9.99. The van der Waals surface area contributed by atoms with Crippen LogP contribution in [0.2, 0.25) is 0 Å². The number of carbonyl (C=O) groups is 1. The molecule has 3 fully saturated rings. The number of hydrogen-bond donors (Lipinski definition) is 4.